The van der Waals surface area contributed by atoms with Gasteiger partial charge in [0.1, 0.15) is 6.04 Å². The summed E-state index contributed by atoms with van der Waals surface area (Å²) in [6, 6.07) is 10.6. The summed E-state index contributed by atoms with van der Waals surface area (Å²) < 4.78 is 15.5. The van der Waals surface area contributed by atoms with Gasteiger partial charge < -0.3 is 0 Å². The van der Waals surface area contributed by atoms with Crippen LogP contribution < -0.4 is 0 Å². The van der Waals surface area contributed by atoms with Crippen LogP contribution in [0, 0.1) is 41.4 Å². The van der Waals surface area contributed by atoms with E-state index in [4.69, 9.17) is 0 Å². The molecule has 0 radical (unpaired) electrons. The van der Waals surface area contributed by atoms with Crippen molar-refractivity contribution in [2.24, 2.45) is 23.2 Å². The minimum Gasteiger partial charge on any atom is -0.265 e. The number of rotatable bonds is 3. The van der Waals surface area contributed by atoms with E-state index in [9.17, 15) is 9.47 Å². The molecule has 5 fully saturated rings. The molecule has 3 nitrogen and oxygen atoms in total. The van der Waals surface area contributed by atoms with Gasteiger partial charge in [0.15, 0.2) is 0 Å². The van der Waals surface area contributed by atoms with Crippen molar-refractivity contribution in [3.05, 3.63) is 29.8 Å². The maximum absolute atomic E-state index is 13.4. The van der Waals surface area contributed by atoms with Crippen LogP contribution in [0.2, 0.25) is 0 Å². The number of benzene rings is 1. The summed E-state index contributed by atoms with van der Waals surface area (Å²) in [6.07, 6.45) is 7.73. The van der Waals surface area contributed by atoms with Crippen molar-refractivity contribution in [3.63, 3.8) is 0 Å². The summed E-state index contributed by atoms with van der Waals surface area (Å²) in [7, 11) is -2.48. The first-order chi connectivity index (χ1) is 11.5. The highest BCUT2D eigenvalue weighted by Crippen LogP contribution is 2.63. The standard InChI is InChI=1S/C20H26N2OS/c1-14-2-4-18(5-3-14)24(23)13-22(24)19(12-21)20-9-15-6-16(10-20)8-17(7-15)11-20/h2-5,15-17,19,24H,6-11,13H2,1H3/t15?,16?,17?,19-,20?,22+/m1/s1. The molecule has 1 saturated heterocycles. The number of thiol groups is 1. The first-order valence-electron chi connectivity index (χ1n) is 9.35. The molecule has 1 aromatic carbocycles. The lowest BCUT2D eigenvalue weighted by molar-refractivity contribution is -0.0702. The molecular formula is C20H26N2OS. The second-order valence-corrected chi connectivity index (χ2v) is 11.6. The zero-order valence-electron chi connectivity index (χ0n) is 14.3. The molecule has 4 saturated carbocycles. The predicted molar refractivity (Wildman–Crippen MR) is 95.7 cm³/mol. The third-order valence-corrected chi connectivity index (χ3v) is 9.86. The Balaban J connectivity index is 1.45. The van der Waals surface area contributed by atoms with Crippen molar-refractivity contribution in [3.8, 4) is 6.07 Å². The molecule has 5 aliphatic rings. The molecule has 0 amide bonds. The maximum Gasteiger partial charge on any atom is 0.114 e. The Morgan fingerprint density at radius 1 is 1.12 bits per heavy atom. The van der Waals surface area contributed by atoms with Crippen LogP contribution in [0.1, 0.15) is 44.1 Å². The lowest BCUT2D eigenvalue weighted by Gasteiger charge is -2.58. The number of aryl methyl sites for hydroxylation is 1. The van der Waals surface area contributed by atoms with E-state index in [0.717, 1.165) is 22.6 Å². The third kappa shape index (κ3) is 2.07. The molecule has 1 aliphatic heterocycles. The van der Waals surface area contributed by atoms with Crippen LogP contribution in [0.3, 0.4) is 0 Å². The molecule has 0 N–H and O–H groups in total. The van der Waals surface area contributed by atoms with Crippen LogP contribution in [0.4, 0.5) is 0 Å². The average molecular weight is 343 g/mol. The van der Waals surface area contributed by atoms with E-state index in [0.29, 0.717) is 5.88 Å². The van der Waals surface area contributed by atoms with Crippen molar-refractivity contribution in [2.75, 3.05) is 5.88 Å². The topological polar surface area (TPSA) is 43.9 Å². The van der Waals surface area contributed by atoms with Gasteiger partial charge >= 0.3 is 0 Å². The smallest absolute Gasteiger partial charge is 0.114 e. The van der Waals surface area contributed by atoms with E-state index < -0.39 is 10.1 Å². The van der Waals surface area contributed by atoms with Gasteiger partial charge in [0.05, 0.1) is 11.9 Å². The van der Waals surface area contributed by atoms with E-state index >= 15 is 0 Å². The van der Waals surface area contributed by atoms with E-state index in [1.807, 2.05) is 24.3 Å². The fourth-order valence-electron chi connectivity index (χ4n) is 6.48. The van der Waals surface area contributed by atoms with Gasteiger partial charge in [-0.15, -0.1) is 0 Å². The van der Waals surface area contributed by atoms with Crippen LogP contribution in [-0.2, 0) is 10.1 Å². The van der Waals surface area contributed by atoms with Gasteiger partial charge in [-0.1, -0.05) is 17.7 Å². The Hall–Kier alpha value is -1.18. The Morgan fingerprint density at radius 2 is 1.67 bits per heavy atom. The molecule has 0 aromatic heterocycles. The fourth-order valence-corrected chi connectivity index (χ4v) is 9.06. The van der Waals surface area contributed by atoms with Crippen LogP contribution >= 0.6 is 0 Å². The lowest BCUT2D eigenvalue weighted by atomic mass is 9.48. The number of hydrogen-bond donors (Lipinski definition) is 1. The minimum absolute atomic E-state index is 0.125. The van der Waals surface area contributed by atoms with E-state index in [-0.39, 0.29) is 11.5 Å². The third-order valence-electron chi connectivity index (χ3n) is 7.19. The molecule has 24 heavy (non-hydrogen) atoms. The average Bonchev–Trinajstić information content (AvgIpc) is 3.19. The van der Waals surface area contributed by atoms with Gasteiger partial charge in [-0.2, -0.15) is 5.26 Å². The van der Waals surface area contributed by atoms with Crippen LogP contribution in [-0.4, -0.2) is 20.4 Å². The van der Waals surface area contributed by atoms with Crippen molar-refractivity contribution in [1.82, 2.24) is 4.31 Å². The summed E-state index contributed by atoms with van der Waals surface area (Å²) in [6.45, 7) is 2.05. The SMILES string of the molecule is Cc1ccc([SH]2(=O)C[N@@]2[C@H](C#N)C23CC4CC(CC(C4)C2)C3)cc1. The summed E-state index contributed by atoms with van der Waals surface area (Å²) in [5, 5.41) is 10.0. The molecule has 1 aromatic rings. The molecule has 6 rings (SSSR count). The molecular weight excluding hydrogens is 316 g/mol. The van der Waals surface area contributed by atoms with E-state index in [1.165, 1.54) is 44.1 Å². The molecule has 0 spiro atoms. The quantitative estimate of drug-likeness (QED) is 0.673. The zero-order valence-corrected chi connectivity index (χ0v) is 15.2. The first kappa shape index (κ1) is 15.1. The van der Waals surface area contributed by atoms with Crippen LogP contribution in [0.15, 0.2) is 29.2 Å². The van der Waals surface area contributed by atoms with Crippen molar-refractivity contribution in [1.29, 1.82) is 5.26 Å². The summed E-state index contributed by atoms with van der Waals surface area (Å²) in [5.41, 5.74) is 1.32. The molecule has 2 atom stereocenters. The Kier molecular flexibility index (Phi) is 3.10. The summed E-state index contributed by atoms with van der Waals surface area (Å²) >= 11 is 0. The monoisotopic (exact) mass is 342 g/mol. The fraction of sp³-hybridized carbons (Fsp3) is 0.650. The van der Waals surface area contributed by atoms with Gasteiger partial charge in [-0.05, 0) is 85.5 Å². The van der Waals surface area contributed by atoms with Crippen molar-refractivity contribution < 1.29 is 4.21 Å². The van der Waals surface area contributed by atoms with Gasteiger partial charge in [0.25, 0.3) is 0 Å². The highest BCUT2D eigenvalue weighted by Gasteiger charge is 2.60. The van der Waals surface area contributed by atoms with E-state index in [1.54, 1.807) is 0 Å². The highest BCUT2D eigenvalue weighted by atomic mass is 32.3. The molecule has 128 valence electrons. The van der Waals surface area contributed by atoms with Crippen LogP contribution in [0.5, 0.6) is 0 Å². The first-order valence-corrected chi connectivity index (χ1v) is 11.2. The summed E-state index contributed by atoms with van der Waals surface area (Å²) in [4.78, 5) is 0.943. The second kappa shape index (κ2) is 4.93. The van der Waals surface area contributed by atoms with Crippen molar-refractivity contribution >= 4 is 10.1 Å². The van der Waals surface area contributed by atoms with Gasteiger partial charge in [0, 0.05) is 10.3 Å². The van der Waals surface area contributed by atoms with Gasteiger partial charge in [-0.3, -0.25) is 4.21 Å². The number of hydrogen-bond acceptors (Lipinski definition) is 2. The normalized spacial score (nSPS) is 43.8. The summed E-state index contributed by atoms with van der Waals surface area (Å²) in [5.74, 6) is 3.08. The molecule has 1 heterocycles. The minimum atomic E-state index is -2.48. The molecule has 4 aliphatic carbocycles. The largest absolute Gasteiger partial charge is 0.265 e. The zero-order chi connectivity index (χ0) is 16.5. The second-order valence-electron chi connectivity index (χ2n) is 8.93. The van der Waals surface area contributed by atoms with Gasteiger partial charge in [0.2, 0.25) is 0 Å². The Labute approximate surface area is 145 Å². The predicted octanol–water partition coefficient (Wildman–Crippen LogP) is 3.67. The Bertz CT molecular complexity index is 728. The molecule has 0 unspecified atom stereocenters. The number of nitriles is 1. The maximum atomic E-state index is 13.4. The molecule has 4 bridgehead atoms. The van der Waals surface area contributed by atoms with Crippen LogP contribution in [0.25, 0.3) is 0 Å². The highest BCUT2D eigenvalue weighted by molar-refractivity contribution is 8.06. The molecule has 4 heteroatoms. The lowest BCUT2D eigenvalue weighted by Crippen LogP contribution is -2.53. The van der Waals surface area contributed by atoms with E-state index in [2.05, 4.69) is 17.3 Å². The number of nitrogens with zero attached hydrogens (tertiary/aromatic N) is 2. The van der Waals surface area contributed by atoms with Crippen molar-refractivity contribution in [2.45, 2.75) is 56.4 Å². The van der Waals surface area contributed by atoms with Gasteiger partial charge in [-0.25, -0.2) is 4.31 Å². The Morgan fingerprint density at radius 3 is 2.17 bits per heavy atom.